The lowest BCUT2D eigenvalue weighted by molar-refractivity contribution is 0.394. The summed E-state index contributed by atoms with van der Waals surface area (Å²) in [6.45, 7) is 2.25. The van der Waals surface area contributed by atoms with Crippen molar-refractivity contribution in [2.75, 3.05) is 0 Å². The third kappa shape index (κ3) is 2.43. The largest absolute Gasteiger partial charge is 0.198 e. The lowest BCUT2D eigenvalue weighted by atomic mass is 9.83. The summed E-state index contributed by atoms with van der Waals surface area (Å²) in [5, 5.41) is 9.35. The van der Waals surface area contributed by atoms with E-state index in [0.29, 0.717) is 5.92 Å². The molecular weight excluding hydrogens is 270 g/mol. The summed E-state index contributed by atoms with van der Waals surface area (Å²) in [6, 6.07) is 6.77. The Balaban J connectivity index is 2.13. The minimum atomic E-state index is -0.0797. The zero-order valence-electron chi connectivity index (χ0n) is 8.79. The number of thiophene rings is 1. The van der Waals surface area contributed by atoms with E-state index in [1.165, 1.54) is 11.3 Å². The third-order valence-electron chi connectivity index (χ3n) is 3.23. The summed E-state index contributed by atoms with van der Waals surface area (Å²) in [4.78, 5) is 1.33. The Morgan fingerprint density at radius 3 is 2.93 bits per heavy atom. The molecule has 0 N–H and O–H groups in total. The summed E-state index contributed by atoms with van der Waals surface area (Å²) in [6.07, 6.45) is 4.28. The van der Waals surface area contributed by atoms with Gasteiger partial charge in [-0.2, -0.15) is 5.26 Å². The van der Waals surface area contributed by atoms with Crippen molar-refractivity contribution in [3.05, 3.63) is 20.8 Å². The van der Waals surface area contributed by atoms with Gasteiger partial charge in [0.15, 0.2) is 0 Å². The highest BCUT2D eigenvalue weighted by molar-refractivity contribution is 9.11. The van der Waals surface area contributed by atoms with Crippen LogP contribution in [0.4, 0.5) is 0 Å². The summed E-state index contributed by atoms with van der Waals surface area (Å²) in [5.74, 6) is 0.716. The molecular formula is C12H14BrNS. The Kier molecular flexibility index (Phi) is 3.18. The van der Waals surface area contributed by atoms with E-state index in [1.807, 2.05) is 0 Å². The normalized spacial score (nSPS) is 30.3. The van der Waals surface area contributed by atoms with E-state index in [-0.39, 0.29) is 5.41 Å². The average molecular weight is 284 g/mol. The molecule has 1 nitrogen and oxygen atoms in total. The van der Waals surface area contributed by atoms with E-state index < -0.39 is 0 Å². The maximum atomic E-state index is 9.35. The Hall–Kier alpha value is -0.330. The maximum absolute atomic E-state index is 9.35. The van der Waals surface area contributed by atoms with Crippen LogP contribution in [0.3, 0.4) is 0 Å². The van der Waals surface area contributed by atoms with Gasteiger partial charge in [0.1, 0.15) is 0 Å². The van der Waals surface area contributed by atoms with Crippen LogP contribution in [0.15, 0.2) is 15.9 Å². The predicted molar refractivity (Wildman–Crippen MR) is 66.8 cm³/mol. The van der Waals surface area contributed by atoms with Crippen molar-refractivity contribution >= 4 is 27.3 Å². The first kappa shape index (κ1) is 11.2. The van der Waals surface area contributed by atoms with Crippen molar-refractivity contribution in [2.45, 2.75) is 32.6 Å². The fraction of sp³-hybridized carbons (Fsp3) is 0.583. The molecule has 1 saturated carbocycles. The Morgan fingerprint density at radius 2 is 2.47 bits per heavy atom. The van der Waals surface area contributed by atoms with E-state index in [1.54, 1.807) is 11.3 Å². The van der Waals surface area contributed by atoms with Gasteiger partial charge in [-0.15, -0.1) is 11.3 Å². The molecule has 1 aromatic heterocycles. The molecule has 0 aromatic carbocycles. The van der Waals surface area contributed by atoms with E-state index in [2.05, 4.69) is 41.1 Å². The first-order valence-electron chi connectivity index (χ1n) is 5.29. The van der Waals surface area contributed by atoms with Gasteiger partial charge < -0.3 is 0 Å². The molecule has 0 radical (unpaired) electrons. The summed E-state index contributed by atoms with van der Waals surface area (Å²) < 4.78 is 1.16. The fourth-order valence-corrected chi connectivity index (χ4v) is 4.10. The van der Waals surface area contributed by atoms with Crippen molar-refractivity contribution in [1.82, 2.24) is 0 Å². The number of nitriles is 1. The molecule has 1 aliphatic rings. The Labute approximate surface area is 103 Å². The highest BCUT2D eigenvalue weighted by Gasteiger charge is 2.37. The molecule has 1 aliphatic carbocycles. The van der Waals surface area contributed by atoms with Gasteiger partial charge in [-0.05, 0) is 53.2 Å². The molecule has 0 saturated heterocycles. The minimum Gasteiger partial charge on any atom is -0.198 e. The highest BCUT2D eigenvalue weighted by Crippen LogP contribution is 2.44. The average Bonchev–Trinajstić information content (AvgIpc) is 2.75. The molecule has 2 rings (SSSR count). The lowest BCUT2D eigenvalue weighted by Crippen LogP contribution is -2.16. The van der Waals surface area contributed by atoms with Crippen LogP contribution in [0.1, 0.15) is 31.1 Å². The summed E-state index contributed by atoms with van der Waals surface area (Å²) in [7, 11) is 0. The van der Waals surface area contributed by atoms with Crippen LogP contribution < -0.4 is 0 Å². The van der Waals surface area contributed by atoms with Crippen LogP contribution in [0.25, 0.3) is 0 Å². The Bertz CT molecular complexity index is 393. The third-order valence-corrected chi connectivity index (χ3v) is 4.86. The van der Waals surface area contributed by atoms with Crippen molar-refractivity contribution in [1.29, 1.82) is 5.26 Å². The molecule has 0 amide bonds. The molecule has 0 spiro atoms. The summed E-state index contributed by atoms with van der Waals surface area (Å²) >= 11 is 5.22. The fourth-order valence-electron chi connectivity index (χ4n) is 2.48. The molecule has 0 bridgehead atoms. The molecule has 15 heavy (non-hydrogen) atoms. The molecule has 1 aromatic rings. The van der Waals surface area contributed by atoms with Gasteiger partial charge in [-0.3, -0.25) is 0 Å². The second-order valence-electron chi connectivity index (χ2n) is 4.62. The van der Waals surface area contributed by atoms with E-state index in [9.17, 15) is 5.26 Å². The highest BCUT2D eigenvalue weighted by atomic mass is 79.9. The molecule has 3 heteroatoms. The monoisotopic (exact) mass is 283 g/mol. The van der Waals surface area contributed by atoms with Gasteiger partial charge >= 0.3 is 0 Å². The number of nitrogens with zero attached hydrogens (tertiary/aromatic N) is 1. The van der Waals surface area contributed by atoms with Gasteiger partial charge in [0.05, 0.1) is 15.3 Å². The minimum absolute atomic E-state index is 0.0797. The van der Waals surface area contributed by atoms with E-state index in [4.69, 9.17) is 0 Å². The Morgan fingerprint density at radius 1 is 1.67 bits per heavy atom. The van der Waals surface area contributed by atoms with Crippen molar-refractivity contribution in [2.24, 2.45) is 11.3 Å². The smallest absolute Gasteiger partial charge is 0.0701 e. The predicted octanol–water partition coefficient (Wildman–Crippen LogP) is 4.38. The topological polar surface area (TPSA) is 23.8 Å². The van der Waals surface area contributed by atoms with E-state index in [0.717, 1.165) is 23.0 Å². The van der Waals surface area contributed by atoms with Crippen LogP contribution in [-0.2, 0) is 6.42 Å². The molecule has 0 aliphatic heterocycles. The van der Waals surface area contributed by atoms with Crippen molar-refractivity contribution < 1.29 is 0 Å². The number of rotatable bonds is 2. The first-order chi connectivity index (χ1) is 7.13. The standard InChI is InChI=1S/C12H14BrNS/c1-9-4-5-12(6-9,8-14)7-10-2-3-11(13)15-10/h2-3,9H,4-7H2,1H3. The van der Waals surface area contributed by atoms with E-state index >= 15 is 0 Å². The van der Waals surface area contributed by atoms with Crippen LogP contribution >= 0.6 is 27.3 Å². The van der Waals surface area contributed by atoms with Gasteiger partial charge in [-0.1, -0.05) is 6.92 Å². The number of halogens is 1. The maximum Gasteiger partial charge on any atom is 0.0701 e. The van der Waals surface area contributed by atoms with Crippen LogP contribution in [0.2, 0.25) is 0 Å². The number of hydrogen-bond donors (Lipinski definition) is 0. The van der Waals surface area contributed by atoms with Crippen LogP contribution in [-0.4, -0.2) is 0 Å². The molecule has 80 valence electrons. The first-order valence-corrected chi connectivity index (χ1v) is 6.90. The SMILES string of the molecule is CC1CCC(C#N)(Cc2ccc(Br)s2)C1. The zero-order chi connectivity index (χ0) is 10.9. The van der Waals surface area contributed by atoms with Gasteiger partial charge in [0.25, 0.3) is 0 Å². The van der Waals surface area contributed by atoms with Crippen LogP contribution in [0, 0.1) is 22.7 Å². The molecule has 2 atom stereocenters. The molecule has 2 unspecified atom stereocenters. The van der Waals surface area contributed by atoms with Gasteiger partial charge in [0, 0.05) is 11.3 Å². The lowest BCUT2D eigenvalue weighted by Gasteiger charge is -2.19. The quantitative estimate of drug-likeness (QED) is 0.790. The summed E-state index contributed by atoms with van der Waals surface area (Å²) in [5.41, 5.74) is -0.0797. The molecule has 1 heterocycles. The van der Waals surface area contributed by atoms with Crippen molar-refractivity contribution in [3.63, 3.8) is 0 Å². The van der Waals surface area contributed by atoms with Crippen molar-refractivity contribution in [3.8, 4) is 6.07 Å². The van der Waals surface area contributed by atoms with Gasteiger partial charge in [0.2, 0.25) is 0 Å². The van der Waals surface area contributed by atoms with Gasteiger partial charge in [-0.25, -0.2) is 0 Å². The van der Waals surface area contributed by atoms with Crippen LogP contribution in [0.5, 0.6) is 0 Å². The second kappa shape index (κ2) is 4.27. The second-order valence-corrected chi connectivity index (χ2v) is 7.17. The molecule has 1 fully saturated rings. The zero-order valence-corrected chi connectivity index (χ0v) is 11.2. The number of hydrogen-bond acceptors (Lipinski definition) is 2.